The van der Waals surface area contributed by atoms with E-state index < -0.39 is 11.6 Å². The second kappa shape index (κ2) is 5.32. The van der Waals surface area contributed by atoms with E-state index in [1.807, 2.05) is 6.92 Å². The summed E-state index contributed by atoms with van der Waals surface area (Å²) in [5.74, 6) is -0.413. The average Bonchev–Trinajstić information content (AvgIpc) is 2.16. The third kappa shape index (κ3) is 3.27. The highest BCUT2D eigenvalue weighted by Gasteiger charge is 2.06. The fourth-order valence-electron chi connectivity index (χ4n) is 0.907. The summed E-state index contributed by atoms with van der Waals surface area (Å²) in [6.07, 6.45) is 0.857. The van der Waals surface area contributed by atoms with Gasteiger partial charge in [-0.15, -0.1) is 11.8 Å². The number of hydrogen-bond donors (Lipinski definition) is 1. The quantitative estimate of drug-likeness (QED) is 0.785. The first-order chi connectivity index (χ1) is 6.63. The molecule has 78 valence electrons. The fourth-order valence-corrected chi connectivity index (χ4v) is 1.90. The van der Waals surface area contributed by atoms with Crippen LogP contribution in [0.4, 0.5) is 8.78 Å². The zero-order valence-corrected chi connectivity index (χ0v) is 8.78. The number of thioether (sulfide) groups is 1. The molecule has 1 atom stereocenters. The van der Waals surface area contributed by atoms with Crippen molar-refractivity contribution in [2.45, 2.75) is 24.3 Å². The Morgan fingerprint density at radius 1 is 1.43 bits per heavy atom. The van der Waals surface area contributed by atoms with Crippen LogP contribution in [-0.2, 0) is 0 Å². The standard InChI is InChI=1S/C10H13F2NS/c1-2-8(13)6-14-10-4-3-7(11)5-9(10)12/h3-5,8H,2,6,13H2,1H3. The van der Waals surface area contributed by atoms with Crippen LogP contribution in [0.15, 0.2) is 23.1 Å². The molecule has 0 aliphatic carbocycles. The van der Waals surface area contributed by atoms with Crippen molar-refractivity contribution in [3.8, 4) is 0 Å². The Bertz CT molecular complexity index is 304. The number of benzene rings is 1. The van der Waals surface area contributed by atoms with E-state index in [0.29, 0.717) is 10.6 Å². The van der Waals surface area contributed by atoms with Gasteiger partial charge in [0.05, 0.1) is 0 Å². The molecule has 0 fully saturated rings. The monoisotopic (exact) mass is 217 g/mol. The van der Waals surface area contributed by atoms with Gasteiger partial charge in [-0.25, -0.2) is 8.78 Å². The lowest BCUT2D eigenvalue weighted by Gasteiger charge is -2.08. The van der Waals surface area contributed by atoms with Crippen molar-refractivity contribution in [1.82, 2.24) is 0 Å². The van der Waals surface area contributed by atoms with Crippen LogP contribution in [0, 0.1) is 11.6 Å². The van der Waals surface area contributed by atoms with E-state index in [-0.39, 0.29) is 6.04 Å². The molecule has 1 aromatic rings. The summed E-state index contributed by atoms with van der Waals surface area (Å²) in [5, 5.41) is 0. The minimum atomic E-state index is -0.549. The molecule has 1 unspecified atom stereocenters. The van der Waals surface area contributed by atoms with Crippen molar-refractivity contribution >= 4 is 11.8 Å². The highest BCUT2D eigenvalue weighted by molar-refractivity contribution is 7.99. The summed E-state index contributed by atoms with van der Waals surface area (Å²) in [6, 6.07) is 3.64. The summed E-state index contributed by atoms with van der Waals surface area (Å²) in [7, 11) is 0. The van der Waals surface area contributed by atoms with Gasteiger partial charge in [-0.2, -0.15) is 0 Å². The van der Waals surface area contributed by atoms with E-state index in [1.54, 1.807) is 0 Å². The smallest absolute Gasteiger partial charge is 0.139 e. The number of hydrogen-bond acceptors (Lipinski definition) is 2. The highest BCUT2D eigenvalue weighted by atomic mass is 32.2. The number of rotatable bonds is 4. The molecule has 0 aromatic heterocycles. The van der Waals surface area contributed by atoms with Gasteiger partial charge in [-0.3, -0.25) is 0 Å². The summed E-state index contributed by atoms with van der Waals surface area (Å²) in [5.41, 5.74) is 5.68. The molecule has 1 aromatic carbocycles. The van der Waals surface area contributed by atoms with Crippen LogP contribution in [0.1, 0.15) is 13.3 Å². The molecule has 0 bridgehead atoms. The Morgan fingerprint density at radius 3 is 2.71 bits per heavy atom. The Labute approximate surface area is 86.7 Å². The minimum Gasteiger partial charge on any atom is -0.327 e. The fraction of sp³-hybridized carbons (Fsp3) is 0.400. The molecule has 1 nitrogen and oxygen atoms in total. The lowest BCUT2D eigenvalue weighted by Crippen LogP contribution is -2.21. The van der Waals surface area contributed by atoms with E-state index in [2.05, 4.69) is 0 Å². The van der Waals surface area contributed by atoms with Crippen molar-refractivity contribution < 1.29 is 8.78 Å². The maximum Gasteiger partial charge on any atom is 0.139 e. The second-order valence-electron chi connectivity index (χ2n) is 3.05. The van der Waals surface area contributed by atoms with Crippen LogP contribution in [-0.4, -0.2) is 11.8 Å². The van der Waals surface area contributed by atoms with E-state index in [0.717, 1.165) is 12.5 Å². The van der Waals surface area contributed by atoms with Crippen molar-refractivity contribution in [2.24, 2.45) is 5.73 Å². The Morgan fingerprint density at radius 2 is 2.14 bits per heavy atom. The SMILES string of the molecule is CCC(N)CSc1ccc(F)cc1F. The lowest BCUT2D eigenvalue weighted by atomic mass is 10.3. The van der Waals surface area contributed by atoms with Gasteiger partial charge in [0.2, 0.25) is 0 Å². The summed E-state index contributed by atoms with van der Waals surface area (Å²) in [4.78, 5) is 0.454. The van der Waals surface area contributed by atoms with Crippen molar-refractivity contribution in [1.29, 1.82) is 0 Å². The molecule has 0 aliphatic rings. The first kappa shape index (κ1) is 11.5. The molecule has 14 heavy (non-hydrogen) atoms. The van der Waals surface area contributed by atoms with Crippen LogP contribution >= 0.6 is 11.8 Å². The Kier molecular flexibility index (Phi) is 4.35. The maximum atomic E-state index is 13.1. The molecule has 0 spiro atoms. The molecular weight excluding hydrogens is 204 g/mol. The molecule has 0 heterocycles. The molecule has 0 saturated carbocycles. The number of nitrogens with two attached hydrogens (primary N) is 1. The normalized spacial score (nSPS) is 12.9. The highest BCUT2D eigenvalue weighted by Crippen LogP contribution is 2.22. The zero-order chi connectivity index (χ0) is 10.6. The van der Waals surface area contributed by atoms with E-state index in [9.17, 15) is 8.78 Å². The molecule has 0 saturated heterocycles. The molecular formula is C10H13F2NS. The lowest BCUT2D eigenvalue weighted by molar-refractivity contribution is 0.565. The molecule has 0 aliphatic heterocycles. The third-order valence-electron chi connectivity index (χ3n) is 1.87. The van der Waals surface area contributed by atoms with Crippen molar-refractivity contribution in [2.75, 3.05) is 5.75 Å². The van der Waals surface area contributed by atoms with E-state index >= 15 is 0 Å². The molecule has 1 rings (SSSR count). The van der Waals surface area contributed by atoms with Crippen LogP contribution < -0.4 is 5.73 Å². The summed E-state index contributed by atoms with van der Waals surface area (Å²) >= 11 is 1.32. The van der Waals surface area contributed by atoms with Gasteiger partial charge in [0.25, 0.3) is 0 Å². The van der Waals surface area contributed by atoms with Gasteiger partial charge < -0.3 is 5.73 Å². The van der Waals surface area contributed by atoms with Crippen molar-refractivity contribution in [3.63, 3.8) is 0 Å². The Hall–Kier alpha value is -0.610. The van der Waals surface area contributed by atoms with Crippen LogP contribution in [0.3, 0.4) is 0 Å². The summed E-state index contributed by atoms with van der Waals surface area (Å²) in [6.45, 7) is 1.98. The third-order valence-corrected chi connectivity index (χ3v) is 3.11. The predicted octanol–water partition coefficient (Wildman–Crippen LogP) is 2.79. The topological polar surface area (TPSA) is 26.0 Å². The first-order valence-electron chi connectivity index (χ1n) is 4.47. The molecule has 0 radical (unpaired) electrons. The average molecular weight is 217 g/mol. The van der Waals surface area contributed by atoms with Gasteiger partial charge in [-0.05, 0) is 18.6 Å². The van der Waals surface area contributed by atoms with Gasteiger partial charge >= 0.3 is 0 Å². The molecule has 2 N–H and O–H groups in total. The second-order valence-corrected chi connectivity index (χ2v) is 4.12. The Balaban J connectivity index is 2.59. The van der Waals surface area contributed by atoms with Gasteiger partial charge in [0.15, 0.2) is 0 Å². The number of halogens is 2. The van der Waals surface area contributed by atoms with Crippen LogP contribution in [0.5, 0.6) is 0 Å². The zero-order valence-electron chi connectivity index (χ0n) is 7.97. The maximum absolute atomic E-state index is 13.1. The van der Waals surface area contributed by atoms with Gasteiger partial charge in [0, 0.05) is 22.8 Å². The molecule has 4 heteroatoms. The predicted molar refractivity (Wildman–Crippen MR) is 55.3 cm³/mol. The van der Waals surface area contributed by atoms with Crippen LogP contribution in [0.2, 0.25) is 0 Å². The van der Waals surface area contributed by atoms with Gasteiger partial charge in [-0.1, -0.05) is 6.92 Å². The van der Waals surface area contributed by atoms with E-state index in [4.69, 9.17) is 5.73 Å². The minimum absolute atomic E-state index is 0.0597. The molecule has 0 amide bonds. The first-order valence-corrected chi connectivity index (χ1v) is 5.45. The van der Waals surface area contributed by atoms with Gasteiger partial charge in [0.1, 0.15) is 11.6 Å². The van der Waals surface area contributed by atoms with Crippen molar-refractivity contribution in [3.05, 3.63) is 29.8 Å². The van der Waals surface area contributed by atoms with E-state index in [1.165, 1.54) is 23.9 Å². The van der Waals surface area contributed by atoms with Crippen LogP contribution in [0.25, 0.3) is 0 Å². The largest absolute Gasteiger partial charge is 0.327 e. The summed E-state index contributed by atoms with van der Waals surface area (Å²) < 4.78 is 25.6.